The minimum atomic E-state index is -0.498. The van der Waals surface area contributed by atoms with Crippen LogP contribution in [0.1, 0.15) is 36.0 Å². The van der Waals surface area contributed by atoms with Gasteiger partial charge in [0.1, 0.15) is 5.82 Å². The average molecular weight is 335 g/mol. The molecule has 0 aliphatic heterocycles. The van der Waals surface area contributed by atoms with Crippen LogP contribution in [0.5, 0.6) is 0 Å². The summed E-state index contributed by atoms with van der Waals surface area (Å²) in [6.45, 7) is 0. The van der Waals surface area contributed by atoms with Crippen molar-refractivity contribution in [3.63, 3.8) is 0 Å². The van der Waals surface area contributed by atoms with Gasteiger partial charge in [-0.2, -0.15) is 0 Å². The average Bonchev–Trinajstić information content (AvgIpc) is 2.35. The van der Waals surface area contributed by atoms with Crippen LogP contribution < -0.4 is 5.32 Å². The molecular formula is C13H14BrClFNO. The molecule has 5 heteroatoms. The van der Waals surface area contributed by atoms with Crippen LogP contribution in [0.4, 0.5) is 4.39 Å². The molecule has 1 amide bonds. The summed E-state index contributed by atoms with van der Waals surface area (Å²) in [5.74, 6) is -0.853. The van der Waals surface area contributed by atoms with E-state index < -0.39 is 5.82 Å². The van der Waals surface area contributed by atoms with Crippen molar-refractivity contribution in [2.75, 3.05) is 0 Å². The first-order valence-electron chi connectivity index (χ1n) is 5.96. The summed E-state index contributed by atoms with van der Waals surface area (Å²) < 4.78 is 14.2. The number of rotatable bonds is 2. The zero-order valence-corrected chi connectivity index (χ0v) is 12.1. The maximum Gasteiger partial charge on any atom is 0.254 e. The fourth-order valence-corrected chi connectivity index (χ4v) is 2.74. The number of hydrogen-bond acceptors (Lipinski definition) is 1. The molecule has 18 heavy (non-hydrogen) atoms. The second-order valence-corrected chi connectivity index (χ2v) is 6.08. The topological polar surface area (TPSA) is 29.1 Å². The normalized spacial score (nSPS) is 23.7. The number of halogens is 3. The highest BCUT2D eigenvalue weighted by Crippen LogP contribution is 2.23. The van der Waals surface area contributed by atoms with Crippen LogP contribution >= 0.6 is 27.5 Å². The van der Waals surface area contributed by atoms with E-state index >= 15 is 0 Å². The van der Waals surface area contributed by atoms with Gasteiger partial charge in [0.2, 0.25) is 0 Å². The molecule has 1 saturated carbocycles. The molecule has 1 aliphatic carbocycles. The predicted molar refractivity (Wildman–Crippen MR) is 73.5 cm³/mol. The highest BCUT2D eigenvalue weighted by molar-refractivity contribution is 9.10. The fourth-order valence-electron chi connectivity index (χ4n) is 2.13. The Morgan fingerprint density at radius 3 is 2.67 bits per heavy atom. The summed E-state index contributed by atoms with van der Waals surface area (Å²) in [4.78, 5) is 12.0. The first-order valence-corrected chi connectivity index (χ1v) is 7.19. The molecule has 2 rings (SSSR count). The summed E-state index contributed by atoms with van der Waals surface area (Å²) >= 11 is 9.24. The molecule has 0 radical (unpaired) electrons. The van der Waals surface area contributed by atoms with E-state index in [0.717, 1.165) is 25.7 Å². The highest BCUT2D eigenvalue weighted by atomic mass is 79.9. The van der Waals surface area contributed by atoms with Crippen LogP contribution in [-0.4, -0.2) is 17.3 Å². The third-order valence-electron chi connectivity index (χ3n) is 3.16. The Hall–Kier alpha value is -0.610. The van der Waals surface area contributed by atoms with E-state index in [0.29, 0.717) is 4.47 Å². The van der Waals surface area contributed by atoms with Crippen LogP contribution in [0.25, 0.3) is 0 Å². The van der Waals surface area contributed by atoms with Crippen molar-refractivity contribution in [1.29, 1.82) is 0 Å². The molecule has 0 spiro atoms. The number of amides is 1. The van der Waals surface area contributed by atoms with E-state index in [2.05, 4.69) is 21.2 Å². The summed E-state index contributed by atoms with van der Waals surface area (Å²) in [5, 5.41) is 3.07. The second kappa shape index (κ2) is 6.02. The number of hydrogen-bond donors (Lipinski definition) is 1. The Labute approximate surface area is 119 Å². The predicted octanol–water partition coefficient (Wildman–Crippen LogP) is 3.87. The zero-order chi connectivity index (χ0) is 13.1. The Kier molecular flexibility index (Phi) is 4.62. The summed E-state index contributed by atoms with van der Waals surface area (Å²) in [6.07, 6.45) is 3.51. The molecule has 0 heterocycles. The number of benzene rings is 1. The molecule has 1 N–H and O–H groups in total. The van der Waals surface area contributed by atoms with Gasteiger partial charge >= 0.3 is 0 Å². The third kappa shape index (κ3) is 3.45. The number of nitrogens with one attached hydrogen (secondary N) is 1. The maximum absolute atomic E-state index is 13.5. The Morgan fingerprint density at radius 2 is 2.00 bits per heavy atom. The molecule has 0 bridgehead atoms. The van der Waals surface area contributed by atoms with E-state index in [1.165, 1.54) is 12.1 Å². The summed E-state index contributed by atoms with van der Waals surface area (Å²) in [7, 11) is 0. The minimum absolute atomic E-state index is 0.0809. The van der Waals surface area contributed by atoms with Gasteiger partial charge in [-0.1, -0.05) is 15.9 Å². The summed E-state index contributed by atoms with van der Waals surface area (Å²) in [6, 6.07) is 4.46. The van der Waals surface area contributed by atoms with Crippen molar-refractivity contribution in [3.8, 4) is 0 Å². The van der Waals surface area contributed by atoms with Crippen molar-refractivity contribution in [3.05, 3.63) is 34.1 Å². The van der Waals surface area contributed by atoms with Crippen LogP contribution in [0.15, 0.2) is 22.7 Å². The summed E-state index contributed by atoms with van der Waals surface area (Å²) in [5.41, 5.74) is 0.0809. The fraction of sp³-hybridized carbons (Fsp3) is 0.462. The second-order valence-electron chi connectivity index (χ2n) is 4.55. The molecule has 1 fully saturated rings. The molecule has 0 unspecified atom stereocenters. The molecule has 0 aromatic heterocycles. The molecule has 0 atom stereocenters. The van der Waals surface area contributed by atoms with Crippen molar-refractivity contribution in [2.24, 2.45) is 0 Å². The lowest BCUT2D eigenvalue weighted by Gasteiger charge is -2.25. The van der Waals surface area contributed by atoms with Crippen molar-refractivity contribution < 1.29 is 9.18 Å². The van der Waals surface area contributed by atoms with Crippen LogP contribution in [0.3, 0.4) is 0 Å². The smallest absolute Gasteiger partial charge is 0.254 e. The van der Waals surface area contributed by atoms with E-state index in [4.69, 9.17) is 11.6 Å². The quantitative estimate of drug-likeness (QED) is 0.817. The minimum Gasteiger partial charge on any atom is -0.349 e. The van der Waals surface area contributed by atoms with Gasteiger partial charge in [-0.05, 0) is 43.9 Å². The molecule has 1 aliphatic rings. The van der Waals surface area contributed by atoms with Crippen LogP contribution in [0, 0.1) is 5.82 Å². The van der Waals surface area contributed by atoms with Crippen LogP contribution in [-0.2, 0) is 0 Å². The van der Waals surface area contributed by atoms with Gasteiger partial charge in [0.05, 0.1) is 5.56 Å². The number of carbonyl (C=O) groups excluding carboxylic acids is 1. The molecule has 0 saturated heterocycles. The monoisotopic (exact) mass is 333 g/mol. The third-order valence-corrected chi connectivity index (χ3v) is 4.09. The SMILES string of the molecule is O=C(NC1CCC(Cl)CC1)c1cc(Br)ccc1F. The lowest BCUT2D eigenvalue weighted by molar-refractivity contribution is 0.0924. The van der Waals surface area contributed by atoms with Crippen molar-refractivity contribution >= 4 is 33.4 Å². The lowest BCUT2D eigenvalue weighted by atomic mass is 9.95. The van der Waals surface area contributed by atoms with Gasteiger partial charge in [0.25, 0.3) is 5.91 Å². The van der Waals surface area contributed by atoms with Crippen molar-refractivity contribution in [1.82, 2.24) is 5.32 Å². The molecule has 1 aromatic carbocycles. The highest BCUT2D eigenvalue weighted by Gasteiger charge is 2.22. The molecule has 1 aromatic rings. The standard InChI is InChI=1S/C13H14BrClFNO/c14-8-1-6-12(16)11(7-8)13(18)17-10-4-2-9(15)3-5-10/h1,6-7,9-10H,2-5H2,(H,17,18). The van der Waals surface area contributed by atoms with Gasteiger partial charge < -0.3 is 5.32 Å². The maximum atomic E-state index is 13.5. The van der Waals surface area contributed by atoms with E-state index in [1.54, 1.807) is 6.07 Å². The Morgan fingerprint density at radius 1 is 1.33 bits per heavy atom. The van der Waals surface area contributed by atoms with Gasteiger partial charge in [0.15, 0.2) is 0 Å². The van der Waals surface area contributed by atoms with E-state index in [-0.39, 0.29) is 22.9 Å². The van der Waals surface area contributed by atoms with Gasteiger partial charge in [-0.3, -0.25) is 4.79 Å². The van der Waals surface area contributed by atoms with E-state index in [1.807, 2.05) is 0 Å². The number of alkyl halides is 1. The van der Waals surface area contributed by atoms with Gasteiger partial charge in [-0.15, -0.1) is 11.6 Å². The Bertz CT molecular complexity index is 447. The molecule has 98 valence electrons. The zero-order valence-electron chi connectivity index (χ0n) is 9.76. The first-order chi connectivity index (χ1) is 8.56. The van der Waals surface area contributed by atoms with E-state index in [9.17, 15) is 9.18 Å². The first kappa shape index (κ1) is 13.8. The van der Waals surface area contributed by atoms with Crippen molar-refractivity contribution in [2.45, 2.75) is 37.1 Å². The molecule has 2 nitrogen and oxygen atoms in total. The number of carbonyl (C=O) groups is 1. The van der Waals surface area contributed by atoms with Gasteiger partial charge in [-0.25, -0.2) is 4.39 Å². The molecular weight excluding hydrogens is 321 g/mol. The van der Waals surface area contributed by atoms with Gasteiger partial charge in [0, 0.05) is 15.9 Å². The Balaban J connectivity index is 2.01. The van der Waals surface area contributed by atoms with Crippen LogP contribution in [0.2, 0.25) is 0 Å². The lowest BCUT2D eigenvalue weighted by Crippen LogP contribution is -2.38. The largest absolute Gasteiger partial charge is 0.349 e.